The predicted octanol–water partition coefficient (Wildman–Crippen LogP) is 2.89. The van der Waals surface area contributed by atoms with Crippen molar-refractivity contribution in [1.29, 1.82) is 0 Å². The molecule has 0 atom stereocenters. The minimum Gasteiger partial charge on any atom is -0.491 e. The van der Waals surface area contributed by atoms with Gasteiger partial charge in [0.05, 0.1) is 18.6 Å². The smallest absolute Gasteiger partial charge is 0.488 e. The maximum Gasteiger partial charge on any atom is 0.488 e. The topological polar surface area (TPSA) is 58.9 Å². The molecule has 24 heavy (non-hydrogen) atoms. The van der Waals surface area contributed by atoms with Gasteiger partial charge in [-0.05, 0) is 49.5 Å². The van der Waals surface area contributed by atoms with E-state index in [2.05, 4.69) is 25.4 Å². The van der Waals surface area contributed by atoms with Gasteiger partial charge in [-0.2, -0.15) is 0 Å². The van der Waals surface area contributed by atoms with Crippen LogP contribution in [0, 0.1) is 11.6 Å². The second kappa shape index (κ2) is 10.3. The van der Waals surface area contributed by atoms with E-state index >= 15 is 0 Å². The predicted molar refractivity (Wildman–Crippen MR) is 92.7 cm³/mol. The lowest BCUT2D eigenvalue weighted by molar-refractivity contribution is 0.321. The average Bonchev–Trinajstić information content (AvgIpc) is 2.64. The van der Waals surface area contributed by atoms with Crippen LogP contribution < -0.4 is 14.9 Å². The first kappa shape index (κ1) is 9.75. The molecular formula is C16H18BBrF2O4. The summed E-state index contributed by atoms with van der Waals surface area (Å²) in [5.74, 6) is -2.99. The second-order valence-corrected chi connectivity index (χ2v) is 4.96. The Morgan fingerprint density at radius 2 is 1.58 bits per heavy atom. The first-order valence-electron chi connectivity index (χ1n) is 11.2. The van der Waals surface area contributed by atoms with Gasteiger partial charge in [-0.3, -0.25) is 0 Å². The van der Waals surface area contributed by atoms with Crippen molar-refractivity contribution >= 4 is 28.5 Å². The van der Waals surface area contributed by atoms with Crippen molar-refractivity contribution in [3.05, 3.63) is 52.5 Å². The van der Waals surface area contributed by atoms with Crippen molar-refractivity contribution in [2.45, 2.75) is 13.7 Å². The lowest BCUT2D eigenvalue weighted by atomic mass is 9.80. The van der Waals surface area contributed by atoms with Crippen molar-refractivity contribution in [3.63, 3.8) is 0 Å². The number of ether oxygens (including phenoxy) is 2. The Bertz CT molecular complexity index is 989. The van der Waals surface area contributed by atoms with Gasteiger partial charge >= 0.3 is 7.12 Å². The number of hydrogen-bond acceptors (Lipinski definition) is 4. The minimum atomic E-state index is -3.10. The molecule has 0 saturated heterocycles. The molecule has 2 aromatic rings. The highest BCUT2D eigenvalue weighted by Crippen LogP contribution is 2.21. The fourth-order valence-electron chi connectivity index (χ4n) is 1.42. The van der Waals surface area contributed by atoms with E-state index < -0.39 is 57.1 Å². The fraction of sp³-hybridized carbons (Fsp3) is 0.250. The van der Waals surface area contributed by atoms with Crippen LogP contribution >= 0.6 is 15.9 Å². The van der Waals surface area contributed by atoms with Crippen molar-refractivity contribution in [3.8, 4) is 11.5 Å². The monoisotopic (exact) mass is 412 g/mol. The van der Waals surface area contributed by atoms with Gasteiger partial charge in [0.1, 0.15) is 0 Å². The standard InChI is InChI=1S/C8H10BFO3.C8H8BrFO/c1-2-13-8-5-6(9(11)12)3-4-7(8)10;1-2-11-8-5-6(9)3-4-7(8)10/h3-5,11-12H,2H2,1H3;3-5H,2H2,1H3/i2*1D3,2D2. The highest BCUT2D eigenvalue weighted by molar-refractivity contribution is 9.10. The van der Waals surface area contributed by atoms with E-state index in [1.165, 1.54) is 12.1 Å². The lowest BCUT2D eigenvalue weighted by Gasteiger charge is -2.06. The van der Waals surface area contributed by atoms with Crippen LogP contribution in [0.1, 0.15) is 27.4 Å². The van der Waals surface area contributed by atoms with Crippen LogP contribution in [0.5, 0.6) is 11.5 Å². The molecule has 0 spiro atoms. The lowest BCUT2D eigenvalue weighted by Crippen LogP contribution is -2.29. The first-order chi connectivity index (χ1) is 15.2. The second-order valence-electron chi connectivity index (χ2n) is 4.05. The van der Waals surface area contributed by atoms with Gasteiger partial charge < -0.3 is 19.5 Å². The van der Waals surface area contributed by atoms with E-state index in [0.717, 1.165) is 24.3 Å². The fourth-order valence-corrected chi connectivity index (χ4v) is 1.76. The molecule has 0 aliphatic rings. The Labute approximate surface area is 162 Å². The molecule has 4 nitrogen and oxygen atoms in total. The molecule has 0 amide bonds. The van der Waals surface area contributed by atoms with Crippen LogP contribution in [0.15, 0.2) is 40.9 Å². The number of hydrogen-bond donors (Lipinski definition) is 2. The van der Waals surface area contributed by atoms with Gasteiger partial charge in [0.15, 0.2) is 23.1 Å². The van der Waals surface area contributed by atoms with Crippen molar-refractivity contribution in [2.75, 3.05) is 13.1 Å². The van der Waals surface area contributed by atoms with Gasteiger partial charge in [-0.25, -0.2) is 8.78 Å². The average molecular weight is 413 g/mol. The largest absolute Gasteiger partial charge is 0.491 e. The summed E-state index contributed by atoms with van der Waals surface area (Å²) < 4.78 is 106. The van der Waals surface area contributed by atoms with Crippen molar-refractivity contribution in [2.24, 2.45) is 0 Å². The van der Waals surface area contributed by atoms with E-state index in [1.807, 2.05) is 0 Å². The molecule has 0 aliphatic heterocycles. The molecule has 2 rings (SSSR count). The highest BCUT2D eigenvalue weighted by atomic mass is 79.9. The Hall–Kier alpha value is -1.64. The normalized spacial score (nSPS) is 18.2. The third kappa shape index (κ3) is 6.47. The van der Waals surface area contributed by atoms with Crippen LogP contribution in [0.2, 0.25) is 0 Å². The zero-order chi connectivity index (χ0) is 26.7. The molecule has 8 heteroatoms. The minimum absolute atomic E-state index is 0.146. The third-order valence-electron chi connectivity index (χ3n) is 2.47. The SMILES string of the molecule is [2H]C([2H])([2H])C([2H])([2H])Oc1cc(B(O)O)ccc1F.[2H]C([2H])([2H])C([2H])([2H])Oc1cc(Br)ccc1F. The first-order valence-corrected chi connectivity index (χ1v) is 6.96. The summed E-state index contributed by atoms with van der Waals surface area (Å²) in [5.41, 5.74) is -0.146. The zero-order valence-corrected chi connectivity index (χ0v) is 13.5. The molecule has 0 heterocycles. The van der Waals surface area contributed by atoms with Crippen molar-refractivity contribution < 1.29 is 42.0 Å². The van der Waals surface area contributed by atoms with E-state index in [1.54, 1.807) is 0 Å². The van der Waals surface area contributed by atoms with Gasteiger partial charge in [-0.1, -0.05) is 22.0 Å². The summed E-state index contributed by atoms with van der Waals surface area (Å²) in [6.45, 7) is -12.1. The molecule has 0 aromatic heterocycles. The van der Waals surface area contributed by atoms with E-state index in [-0.39, 0.29) is 5.46 Å². The maximum absolute atomic E-state index is 13.3. The Morgan fingerprint density at radius 1 is 1.04 bits per heavy atom. The molecule has 0 saturated carbocycles. The van der Waals surface area contributed by atoms with E-state index in [4.69, 9.17) is 23.8 Å². The Morgan fingerprint density at radius 3 is 2.12 bits per heavy atom. The molecule has 130 valence electrons. The van der Waals surface area contributed by atoms with Gasteiger partial charge in [-0.15, -0.1) is 0 Å². The van der Waals surface area contributed by atoms with Crippen LogP contribution in [0.25, 0.3) is 0 Å². The summed E-state index contributed by atoms with van der Waals surface area (Å²) in [6, 6.07) is 6.31. The molecule has 0 bridgehead atoms. The molecule has 0 aliphatic carbocycles. The third-order valence-corrected chi connectivity index (χ3v) is 2.96. The molecular weight excluding hydrogens is 385 g/mol. The zero-order valence-electron chi connectivity index (χ0n) is 21.9. The number of halogens is 3. The molecule has 0 fully saturated rings. The number of rotatable bonds is 5. The van der Waals surface area contributed by atoms with Crippen LogP contribution in [-0.4, -0.2) is 30.3 Å². The highest BCUT2D eigenvalue weighted by Gasteiger charge is 2.13. The summed E-state index contributed by atoms with van der Waals surface area (Å²) >= 11 is 3.04. The van der Waals surface area contributed by atoms with Gasteiger partial charge in [0, 0.05) is 12.7 Å². The van der Waals surface area contributed by atoms with E-state index in [9.17, 15) is 8.78 Å². The number of benzene rings is 2. The summed E-state index contributed by atoms with van der Waals surface area (Å²) in [6.07, 6.45) is 0. The van der Waals surface area contributed by atoms with Gasteiger partial charge in [0.25, 0.3) is 0 Å². The van der Waals surface area contributed by atoms with Crippen molar-refractivity contribution in [1.82, 2.24) is 0 Å². The van der Waals surface area contributed by atoms with E-state index in [0.29, 0.717) is 4.47 Å². The maximum atomic E-state index is 13.3. The molecule has 2 aromatic carbocycles. The Kier molecular flexibility index (Phi) is 4.17. The van der Waals surface area contributed by atoms with Crippen LogP contribution in [-0.2, 0) is 0 Å². The van der Waals surface area contributed by atoms with Crippen LogP contribution in [0.3, 0.4) is 0 Å². The molecule has 0 unspecified atom stereocenters. The summed E-state index contributed by atoms with van der Waals surface area (Å²) in [4.78, 5) is 0. The summed E-state index contributed by atoms with van der Waals surface area (Å²) in [7, 11) is -1.90. The molecule has 0 radical (unpaired) electrons. The molecule has 2 N–H and O–H groups in total. The quantitative estimate of drug-likeness (QED) is 0.741. The van der Waals surface area contributed by atoms with Crippen LogP contribution in [0.4, 0.5) is 8.78 Å². The summed E-state index contributed by atoms with van der Waals surface area (Å²) in [5, 5.41) is 17.7. The van der Waals surface area contributed by atoms with Gasteiger partial charge in [0.2, 0.25) is 0 Å². The Balaban J connectivity index is 0.000000342.